The van der Waals surface area contributed by atoms with E-state index in [0.717, 1.165) is 16.4 Å². The molecule has 2 aromatic heterocycles. The maximum Gasteiger partial charge on any atom is 0.231 e. The van der Waals surface area contributed by atoms with Gasteiger partial charge in [-0.15, -0.1) is 11.3 Å². The lowest BCUT2D eigenvalue weighted by molar-refractivity contribution is -0.142. The van der Waals surface area contributed by atoms with Crippen LogP contribution in [0, 0.1) is 18.3 Å². The second kappa shape index (κ2) is 7.95. The quantitative estimate of drug-likeness (QED) is 0.744. The molecule has 2 amide bonds. The van der Waals surface area contributed by atoms with Gasteiger partial charge in [0.25, 0.3) is 0 Å². The molecule has 172 valence electrons. The molecule has 2 saturated heterocycles. The number of nitrogens with zero attached hydrogens (tertiary/aromatic N) is 5. The number of rotatable bonds is 5. The molecule has 0 unspecified atom stereocenters. The third-order valence-electron chi connectivity index (χ3n) is 7.45. The number of imidazole rings is 1. The van der Waals surface area contributed by atoms with Crippen LogP contribution >= 0.6 is 11.3 Å². The standard InChI is InChI=1S/C23H31N5O3S/c1-14(2)28-10-20(24-13-28)19-9-27(21(30)16-6-18(29)7-16)12-23(19)4-5-26(22(23)31)8-17-11-32-15(3)25-17/h10-11,13-14,16,18-19,29H,4-9,12H2,1-3H3/t16?,18?,19-,23+/m1/s1. The van der Waals surface area contributed by atoms with Gasteiger partial charge in [-0.3, -0.25) is 9.59 Å². The Bertz CT molecular complexity index is 1030. The van der Waals surface area contributed by atoms with Gasteiger partial charge in [0.1, 0.15) is 0 Å². The average Bonchev–Trinajstić information content (AvgIpc) is 3.50. The van der Waals surface area contributed by atoms with Crippen molar-refractivity contribution in [2.45, 2.75) is 64.6 Å². The normalized spacial score (nSPS) is 30.0. The van der Waals surface area contributed by atoms with E-state index in [1.165, 1.54) is 0 Å². The molecule has 2 aromatic rings. The first-order valence-electron chi connectivity index (χ1n) is 11.5. The molecule has 1 aliphatic carbocycles. The van der Waals surface area contributed by atoms with Crippen molar-refractivity contribution in [3.63, 3.8) is 0 Å². The van der Waals surface area contributed by atoms with Gasteiger partial charge in [0.05, 0.1) is 40.8 Å². The zero-order valence-electron chi connectivity index (χ0n) is 18.9. The highest BCUT2D eigenvalue weighted by molar-refractivity contribution is 7.09. The van der Waals surface area contributed by atoms with Gasteiger partial charge in [-0.25, -0.2) is 9.97 Å². The van der Waals surface area contributed by atoms with Gasteiger partial charge in [0.2, 0.25) is 11.8 Å². The van der Waals surface area contributed by atoms with Crippen molar-refractivity contribution in [1.29, 1.82) is 0 Å². The highest BCUT2D eigenvalue weighted by atomic mass is 32.1. The van der Waals surface area contributed by atoms with Crippen LogP contribution in [0.15, 0.2) is 17.9 Å². The van der Waals surface area contributed by atoms with Crippen molar-refractivity contribution < 1.29 is 14.7 Å². The summed E-state index contributed by atoms with van der Waals surface area (Å²) in [4.78, 5) is 39.9. The van der Waals surface area contributed by atoms with Gasteiger partial charge >= 0.3 is 0 Å². The number of carbonyl (C=O) groups excluding carboxylic acids is 2. The van der Waals surface area contributed by atoms with Crippen molar-refractivity contribution in [3.8, 4) is 0 Å². The van der Waals surface area contributed by atoms with E-state index in [9.17, 15) is 14.7 Å². The Morgan fingerprint density at radius 3 is 2.78 bits per heavy atom. The Morgan fingerprint density at radius 1 is 1.38 bits per heavy atom. The van der Waals surface area contributed by atoms with Crippen molar-refractivity contribution in [2.24, 2.45) is 11.3 Å². The number of carbonyl (C=O) groups is 2. The lowest BCUT2D eigenvalue weighted by Gasteiger charge is -2.33. The van der Waals surface area contributed by atoms with Crippen LogP contribution in [0.4, 0.5) is 0 Å². The molecule has 1 spiro atoms. The van der Waals surface area contributed by atoms with Crippen LogP contribution in [-0.2, 0) is 16.1 Å². The van der Waals surface area contributed by atoms with Crippen LogP contribution in [0.2, 0.25) is 0 Å². The van der Waals surface area contributed by atoms with Crippen molar-refractivity contribution in [1.82, 2.24) is 24.3 Å². The fourth-order valence-electron chi connectivity index (χ4n) is 5.47. The fraction of sp³-hybridized carbons (Fsp3) is 0.652. The minimum atomic E-state index is -0.640. The lowest BCUT2D eigenvalue weighted by atomic mass is 9.75. The van der Waals surface area contributed by atoms with Crippen LogP contribution in [0.5, 0.6) is 0 Å². The third kappa shape index (κ3) is 3.55. The largest absolute Gasteiger partial charge is 0.393 e. The zero-order chi connectivity index (χ0) is 22.6. The molecule has 0 aromatic carbocycles. The Kier molecular flexibility index (Phi) is 5.36. The highest BCUT2D eigenvalue weighted by Crippen LogP contribution is 2.50. The van der Waals surface area contributed by atoms with E-state index >= 15 is 0 Å². The van der Waals surface area contributed by atoms with Gasteiger partial charge in [-0.2, -0.15) is 0 Å². The smallest absolute Gasteiger partial charge is 0.231 e. The predicted octanol–water partition coefficient (Wildman–Crippen LogP) is 2.34. The summed E-state index contributed by atoms with van der Waals surface area (Å²) < 4.78 is 2.06. The van der Waals surface area contributed by atoms with E-state index in [1.54, 1.807) is 11.3 Å². The first kappa shape index (κ1) is 21.6. The second-order valence-corrected chi connectivity index (χ2v) is 11.0. The molecule has 4 heterocycles. The Morgan fingerprint density at radius 2 is 2.16 bits per heavy atom. The van der Waals surface area contributed by atoms with Crippen LogP contribution in [-0.4, -0.2) is 67.0 Å². The van der Waals surface area contributed by atoms with Crippen molar-refractivity contribution >= 4 is 23.2 Å². The topological polar surface area (TPSA) is 91.6 Å². The zero-order valence-corrected chi connectivity index (χ0v) is 19.7. The average molecular weight is 458 g/mol. The number of thiazole rings is 1. The first-order valence-corrected chi connectivity index (χ1v) is 12.4. The summed E-state index contributed by atoms with van der Waals surface area (Å²) >= 11 is 1.60. The predicted molar refractivity (Wildman–Crippen MR) is 120 cm³/mol. The molecule has 1 saturated carbocycles. The highest BCUT2D eigenvalue weighted by Gasteiger charge is 2.59. The SMILES string of the molecule is Cc1nc(CN2CC[C@@]3(CN(C(=O)C4CC(O)C4)C[C@@H]3c3cn(C(C)C)cn3)C2=O)cs1. The molecule has 3 aliphatic rings. The molecule has 0 bridgehead atoms. The Labute approximate surface area is 192 Å². The molecule has 0 radical (unpaired) electrons. The van der Waals surface area contributed by atoms with Crippen molar-refractivity contribution in [3.05, 3.63) is 34.3 Å². The van der Waals surface area contributed by atoms with Crippen LogP contribution in [0.1, 0.15) is 61.5 Å². The molecular formula is C23H31N5O3S. The molecule has 2 atom stereocenters. The number of amides is 2. The summed E-state index contributed by atoms with van der Waals surface area (Å²) in [6.07, 6.45) is 5.26. The van der Waals surface area contributed by atoms with E-state index in [0.29, 0.717) is 45.4 Å². The van der Waals surface area contributed by atoms with E-state index in [1.807, 2.05) is 34.6 Å². The molecule has 1 N–H and O–H groups in total. The summed E-state index contributed by atoms with van der Waals surface area (Å²) in [5, 5.41) is 12.7. The molecule has 32 heavy (non-hydrogen) atoms. The number of hydrogen-bond acceptors (Lipinski definition) is 6. The number of aromatic nitrogens is 3. The van der Waals surface area contributed by atoms with Gasteiger partial charge < -0.3 is 19.5 Å². The Hall–Kier alpha value is -2.26. The van der Waals surface area contributed by atoms with Gasteiger partial charge in [0.15, 0.2) is 0 Å². The van der Waals surface area contributed by atoms with Crippen LogP contribution in [0.3, 0.4) is 0 Å². The summed E-state index contributed by atoms with van der Waals surface area (Å²) in [6, 6.07) is 0.284. The van der Waals surface area contributed by atoms with E-state index in [-0.39, 0.29) is 35.8 Å². The van der Waals surface area contributed by atoms with E-state index < -0.39 is 5.41 Å². The number of aryl methyl sites for hydroxylation is 1. The summed E-state index contributed by atoms with van der Waals surface area (Å²) in [5.41, 5.74) is 1.18. The van der Waals surface area contributed by atoms with Crippen molar-refractivity contribution in [2.75, 3.05) is 19.6 Å². The monoisotopic (exact) mass is 457 g/mol. The number of likely N-dealkylation sites (tertiary alicyclic amines) is 2. The molecule has 8 nitrogen and oxygen atoms in total. The first-order chi connectivity index (χ1) is 15.3. The van der Waals surface area contributed by atoms with Crippen LogP contribution < -0.4 is 0 Å². The number of hydrogen-bond donors (Lipinski definition) is 1. The minimum Gasteiger partial charge on any atom is -0.393 e. The summed E-state index contributed by atoms with van der Waals surface area (Å²) in [5.74, 6) is -0.0660. The Balaban J connectivity index is 1.42. The molecule has 3 fully saturated rings. The third-order valence-corrected chi connectivity index (χ3v) is 8.27. The van der Waals surface area contributed by atoms with Gasteiger partial charge in [-0.1, -0.05) is 0 Å². The van der Waals surface area contributed by atoms with Crippen LogP contribution in [0.25, 0.3) is 0 Å². The number of aliphatic hydroxyl groups is 1. The maximum atomic E-state index is 13.8. The molecule has 9 heteroatoms. The van der Waals surface area contributed by atoms with Gasteiger partial charge in [-0.05, 0) is 40.0 Å². The molecule has 5 rings (SSSR count). The van der Waals surface area contributed by atoms with E-state index in [2.05, 4.69) is 28.4 Å². The summed E-state index contributed by atoms with van der Waals surface area (Å²) in [6.45, 7) is 8.30. The molecular weight excluding hydrogens is 426 g/mol. The van der Waals surface area contributed by atoms with Gasteiger partial charge in [0, 0.05) is 49.1 Å². The lowest BCUT2D eigenvalue weighted by Crippen LogP contribution is -2.44. The minimum absolute atomic E-state index is 0.0712. The molecule has 2 aliphatic heterocycles. The second-order valence-electron chi connectivity index (χ2n) is 9.92. The number of aliphatic hydroxyl groups excluding tert-OH is 1. The maximum absolute atomic E-state index is 13.8. The van der Waals surface area contributed by atoms with E-state index in [4.69, 9.17) is 0 Å². The fourth-order valence-corrected chi connectivity index (χ4v) is 6.08. The summed E-state index contributed by atoms with van der Waals surface area (Å²) in [7, 11) is 0.